The van der Waals surface area contributed by atoms with E-state index < -0.39 is 5.97 Å². The van der Waals surface area contributed by atoms with E-state index in [1.165, 1.54) is 23.9 Å². The molecule has 1 N–H and O–H groups in total. The van der Waals surface area contributed by atoms with Crippen LogP contribution in [0, 0.1) is 0 Å². The maximum Gasteiger partial charge on any atom is 0.347 e. The van der Waals surface area contributed by atoms with E-state index in [0.29, 0.717) is 17.9 Å². The molecule has 0 saturated heterocycles. The monoisotopic (exact) mass is 286 g/mol. The number of methoxy groups -OCH3 is 1. The molecule has 2 aromatic rings. The molecule has 0 saturated carbocycles. The fourth-order valence-electron chi connectivity index (χ4n) is 1.88. The van der Waals surface area contributed by atoms with Crippen LogP contribution in [-0.2, 0) is 11.3 Å². The fraction of sp³-hybridized carbons (Fsp3) is 0.133. The van der Waals surface area contributed by atoms with Crippen LogP contribution in [0.15, 0.2) is 47.5 Å². The van der Waals surface area contributed by atoms with E-state index in [1.54, 1.807) is 24.4 Å². The van der Waals surface area contributed by atoms with Crippen molar-refractivity contribution in [1.29, 1.82) is 0 Å². The van der Waals surface area contributed by atoms with Gasteiger partial charge in [-0.2, -0.15) is 0 Å². The maximum atomic E-state index is 11.6. The summed E-state index contributed by atoms with van der Waals surface area (Å²) in [5.74, 6) is -0.472. The van der Waals surface area contributed by atoms with Gasteiger partial charge in [-0.05, 0) is 29.8 Å². The van der Waals surface area contributed by atoms with Crippen LogP contribution in [-0.4, -0.2) is 27.7 Å². The summed E-state index contributed by atoms with van der Waals surface area (Å²) in [6.07, 6.45) is 5.58. The summed E-state index contributed by atoms with van der Waals surface area (Å²) < 4.78 is 6.65. The minimum atomic E-state index is -1.04. The molecule has 0 bridgehead atoms. The van der Waals surface area contributed by atoms with Crippen molar-refractivity contribution < 1.29 is 14.6 Å². The van der Waals surface area contributed by atoms with Gasteiger partial charge in [0, 0.05) is 24.0 Å². The number of ether oxygens (including phenoxy) is 1. The summed E-state index contributed by atoms with van der Waals surface area (Å²) in [7, 11) is 1.51. The number of rotatable bonds is 5. The predicted octanol–water partition coefficient (Wildman–Crippen LogP) is 1.40. The van der Waals surface area contributed by atoms with Crippen molar-refractivity contribution in [3.8, 4) is 5.75 Å². The van der Waals surface area contributed by atoms with Gasteiger partial charge in [0.1, 0.15) is 5.75 Å². The van der Waals surface area contributed by atoms with Crippen LogP contribution in [0.3, 0.4) is 0 Å². The van der Waals surface area contributed by atoms with Gasteiger partial charge in [0.05, 0.1) is 13.7 Å². The molecule has 0 radical (unpaired) electrons. The molecule has 0 aliphatic heterocycles. The molecule has 108 valence electrons. The summed E-state index contributed by atoms with van der Waals surface area (Å²) in [4.78, 5) is 25.9. The van der Waals surface area contributed by atoms with E-state index in [2.05, 4.69) is 4.98 Å². The molecule has 6 nitrogen and oxygen atoms in total. The lowest BCUT2D eigenvalue weighted by Gasteiger charge is -2.09. The lowest BCUT2D eigenvalue weighted by molar-refractivity contribution is -0.131. The molecule has 6 heteroatoms. The van der Waals surface area contributed by atoms with Gasteiger partial charge in [-0.3, -0.25) is 4.57 Å². The molecule has 2 rings (SSSR count). The van der Waals surface area contributed by atoms with Gasteiger partial charge >= 0.3 is 11.7 Å². The Bertz CT molecular complexity index is 734. The summed E-state index contributed by atoms with van der Waals surface area (Å²) in [5.41, 5.74) is 1.14. The lowest BCUT2D eigenvalue weighted by atomic mass is 10.1. The highest BCUT2D eigenvalue weighted by atomic mass is 16.5. The number of aliphatic carboxylic acids is 1. The fourth-order valence-corrected chi connectivity index (χ4v) is 1.88. The second-order valence-electron chi connectivity index (χ2n) is 4.28. The lowest BCUT2D eigenvalue weighted by Crippen LogP contribution is -2.21. The molecule has 0 fully saturated rings. The van der Waals surface area contributed by atoms with Crippen molar-refractivity contribution in [3.63, 3.8) is 0 Å². The Morgan fingerprint density at radius 1 is 1.48 bits per heavy atom. The second kappa shape index (κ2) is 6.51. The topological polar surface area (TPSA) is 81.4 Å². The van der Waals surface area contributed by atoms with Crippen molar-refractivity contribution >= 4 is 12.0 Å². The summed E-state index contributed by atoms with van der Waals surface area (Å²) in [5, 5.41) is 8.70. The van der Waals surface area contributed by atoms with Crippen LogP contribution in [0.25, 0.3) is 6.08 Å². The average Bonchev–Trinajstić information content (AvgIpc) is 2.47. The molecule has 0 atom stereocenters. The van der Waals surface area contributed by atoms with Gasteiger partial charge in [0.25, 0.3) is 0 Å². The smallest absolute Gasteiger partial charge is 0.347 e. The predicted molar refractivity (Wildman–Crippen MR) is 77.3 cm³/mol. The molecule has 0 unspecified atom stereocenters. The van der Waals surface area contributed by atoms with Gasteiger partial charge in [-0.15, -0.1) is 0 Å². The molecular weight excluding hydrogens is 272 g/mol. The number of nitrogens with zero attached hydrogens (tertiary/aromatic N) is 2. The zero-order valence-electron chi connectivity index (χ0n) is 11.4. The van der Waals surface area contributed by atoms with Gasteiger partial charge in [0.2, 0.25) is 0 Å². The SMILES string of the molecule is COc1ccc(Cn2cccnc2=O)cc1C=CC(=O)O. The maximum absolute atomic E-state index is 11.6. The quantitative estimate of drug-likeness (QED) is 0.840. The third-order valence-electron chi connectivity index (χ3n) is 2.84. The first-order chi connectivity index (χ1) is 10.1. The zero-order valence-corrected chi connectivity index (χ0v) is 11.4. The van der Waals surface area contributed by atoms with Crippen molar-refractivity contribution in [1.82, 2.24) is 9.55 Å². The normalized spacial score (nSPS) is 10.7. The molecule has 0 amide bonds. The van der Waals surface area contributed by atoms with Crippen LogP contribution >= 0.6 is 0 Å². The van der Waals surface area contributed by atoms with Crippen LogP contribution in [0.4, 0.5) is 0 Å². The number of carboxylic acids is 1. The first-order valence-electron chi connectivity index (χ1n) is 6.19. The van der Waals surface area contributed by atoms with Gasteiger partial charge in [-0.1, -0.05) is 6.07 Å². The van der Waals surface area contributed by atoms with Crippen LogP contribution in [0.2, 0.25) is 0 Å². The average molecular weight is 286 g/mol. The van der Waals surface area contributed by atoms with E-state index in [-0.39, 0.29) is 5.69 Å². The number of benzene rings is 1. The Balaban J connectivity index is 2.33. The number of carbonyl (C=O) groups is 1. The molecule has 1 heterocycles. The van der Waals surface area contributed by atoms with Crippen molar-refractivity contribution in [2.75, 3.05) is 7.11 Å². The molecule has 1 aromatic heterocycles. The first kappa shape index (κ1) is 14.5. The second-order valence-corrected chi connectivity index (χ2v) is 4.28. The highest BCUT2D eigenvalue weighted by Crippen LogP contribution is 2.21. The standard InChI is InChI=1S/C15H14N2O4/c1-21-13-5-3-11(9-12(13)4-6-14(18)19)10-17-8-2-7-16-15(17)20/h2-9H,10H2,1H3,(H,18,19). The van der Waals surface area contributed by atoms with Crippen LogP contribution in [0.1, 0.15) is 11.1 Å². The minimum absolute atomic E-state index is 0.337. The van der Waals surface area contributed by atoms with E-state index >= 15 is 0 Å². The Kier molecular flexibility index (Phi) is 4.50. The third-order valence-corrected chi connectivity index (χ3v) is 2.84. The number of hydrogen-bond donors (Lipinski definition) is 1. The molecular formula is C15H14N2O4. The zero-order chi connectivity index (χ0) is 15.2. The highest BCUT2D eigenvalue weighted by molar-refractivity contribution is 5.86. The molecule has 21 heavy (non-hydrogen) atoms. The molecule has 0 aliphatic rings. The minimum Gasteiger partial charge on any atom is -0.496 e. The Morgan fingerprint density at radius 2 is 2.29 bits per heavy atom. The van der Waals surface area contributed by atoms with Crippen LogP contribution < -0.4 is 10.4 Å². The largest absolute Gasteiger partial charge is 0.496 e. The number of hydrogen-bond acceptors (Lipinski definition) is 4. The summed E-state index contributed by atoms with van der Waals surface area (Å²) in [6, 6.07) is 7.00. The number of carboxylic acid groups (broad SMARTS) is 1. The molecule has 0 aliphatic carbocycles. The van der Waals surface area contributed by atoms with E-state index in [4.69, 9.17) is 9.84 Å². The van der Waals surface area contributed by atoms with E-state index in [0.717, 1.165) is 11.6 Å². The van der Waals surface area contributed by atoms with Crippen molar-refractivity contribution in [3.05, 3.63) is 64.3 Å². The molecule has 1 aromatic carbocycles. The Hall–Kier alpha value is -2.89. The Labute approximate surface area is 121 Å². The molecule has 0 spiro atoms. The van der Waals surface area contributed by atoms with Gasteiger partial charge in [-0.25, -0.2) is 14.6 Å². The summed E-state index contributed by atoms with van der Waals surface area (Å²) >= 11 is 0. The summed E-state index contributed by atoms with van der Waals surface area (Å²) in [6.45, 7) is 0.352. The third kappa shape index (κ3) is 3.79. The first-order valence-corrected chi connectivity index (χ1v) is 6.19. The van der Waals surface area contributed by atoms with Crippen molar-refractivity contribution in [2.45, 2.75) is 6.54 Å². The van der Waals surface area contributed by atoms with E-state index in [1.807, 2.05) is 6.07 Å². The van der Waals surface area contributed by atoms with Gasteiger partial charge < -0.3 is 9.84 Å². The van der Waals surface area contributed by atoms with Gasteiger partial charge in [0.15, 0.2) is 0 Å². The van der Waals surface area contributed by atoms with Crippen molar-refractivity contribution in [2.24, 2.45) is 0 Å². The van der Waals surface area contributed by atoms with Crippen LogP contribution in [0.5, 0.6) is 5.75 Å². The Morgan fingerprint density at radius 3 is 2.95 bits per heavy atom. The van der Waals surface area contributed by atoms with E-state index in [9.17, 15) is 9.59 Å². The highest BCUT2D eigenvalue weighted by Gasteiger charge is 2.04. The number of aromatic nitrogens is 2.